The Morgan fingerprint density at radius 3 is 0.750 bits per heavy atom. The summed E-state index contributed by atoms with van der Waals surface area (Å²) in [5.74, 6) is 0.0451. The summed E-state index contributed by atoms with van der Waals surface area (Å²) >= 11 is -2.61. The van der Waals surface area contributed by atoms with E-state index >= 15 is 0 Å². The zero-order valence-electron chi connectivity index (χ0n) is 37.6. The van der Waals surface area contributed by atoms with Gasteiger partial charge >= 0.3 is 62.1 Å². The first-order valence-electron chi connectivity index (χ1n) is 14.2. The van der Waals surface area contributed by atoms with Crippen LogP contribution in [0.25, 0.3) is 4.13 Å². The van der Waals surface area contributed by atoms with Crippen molar-refractivity contribution in [1.29, 1.82) is 0 Å². The van der Waals surface area contributed by atoms with Crippen LogP contribution in [0.15, 0.2) is 0 Å². The van der Waals surface area contributed by atoms with Gasteiger partial charge in [0.1, 0.15) is 19.9 Å². The number of hydrogen-bond acceptors (Lipinski definition) is 25. The molecule has 0 bridgehead atoms. The Labute approximate surface area is 405 Å². The van der Waals surface area contributed by atoms with Gasteiger partial charge in [-0.1, -0.05) is 0 Å². The zero-order chi connectivity index (χ0) is 57.5. The molecular formula is C20H47F11LiNO25S10. The van der Waals surface area contributed by atoms with E-state index < -0.39 is 124 Å². The molecule has 0 radical (unpaired) electrons. The molecule has 0 aromatic carbocycles. The molecule has 0 aromatic rings. The molecule has 0 fully saturated rings. The third-order valence-electron chi connectivity index (χ3n) is 3.58. The van der Waals surface area contributed by atoms with Crippen molar-refractivity contribution in [2.75, 3.05) is 93.1 Å². The maximum Gasteiger partial charge on any atom is 1.00 e. The summed E-state index contributed by atoms with van der Waals surface area (Å²) < 4.78 is 331. The fraction of sp³-hybridized carbons (Fsp3) is 1.00. The van der Waals surface area contributed by atoms with Crippen LogP contribution in [0.1, 0.15) is 13.8 Å². The standard InChI is InChI=1S/C3H3F5NO4S2.C3H8O3S.C2H3F3O3S.C2H3F3O2S.3C2H6O3S.2C2H6O2S.Li/c1-2(4,5)14(10,11)9-15(12,13)3(6,7)8;1-3-7(4,5)6-2;1-8-9(6,7)2(3,4)5;1-8(6,7)2(3,4)5;2*1-5-6(2,3)4;1-4-6(3)5-2;1-5(2,3)4;1-4-5(2)3;/h1H3;3H2,1-2H3;1H3;1H3;3*1-2H3;2*1-2H3;/q-1;;;;;;;;;+1. The summed E-state index contributed by atoms with van der Waals surface area (Å²) in [5, 5.41) is -4.70. The molecule has 48 heteroatoms. The van der Waals surface area contributed by atoms with Crippen molar-refractivity contribution in [1.82, 2.24) is 0 Å². The molecule has 1 atom stereocenters. The van der Waals surface area contributed by atoms with Crippen molar-refractivity contribution in [2.24, 2.45) is 0 Å². The number of sulfone groups is 2. The van der Waals surface area contributed by atoms with Gasteiger partial charge in [0.15, 0.2) is 21.1 Å². The summed E-state index contributed by atoms with van der Waals surface area (Å²) in [5.41, 5.74) is -16.4. The molecule has 0 saturated heterocycles. The van der Waals surface area contributed by atoms with E-state index in [-0.39, 0.29) is 37.8 Å². The molecule has 0 aliphatic rings. The fourth-order valence-electron chi connectivity index (χ4n) is 0.517. The molecule has 0 amide bonds. The van der Waals surface area contributed by atoms with Crippen molar-refractivity contribution in [3.05, 3.63) is 4.13 Å². The Kier molecular flexibility index (Phi) is 50.5. The van der Waals surface area contributed by atoms with Crippen LogP contribution in [0.3, 0.4) is 0 Å². The monoisotopic (exact) mass is 1240 g/mol. The van der Waals surface area contributed by atoms with Crippen LogP contribution in [-0.2, 0) is 132 Å². The summed E-state index contributed by atoms with van der Waals surface area (Å²) in [4.78, 5) is 0. The number of halogens is 11. The zero-order valence-corrected chi connectivity index (χ0v) is 45.8. The topological polar surface area (TPSA) is 386 Å². The molecule has 420 valence electrons. The van der Waals surface area contributed by atoms with E-state index in [0.29, 0.717) is 7.11 Å². The van der Waals surface area contributed by atoms with Crippen molar-refractivity contribution >= 4 is 103 Å². The smallest absolute Gasteiger partial charge is 0.423 e. The van der Waals surface area contributed by atoms with Gasteiger partial charge in [0.25, 0.3) is 30.4 Å². The molecule has 0 aliphatic heterocycles. The minimum atomic E-state index is -6.48. The fourth-order valence-corrected chi connectivity index (χ4v) is 2.97. The van der Waals surface area contributed by atoms with Crippen molar-refractivity contribution in [2.45, 2.75) is 35.6 Å². The number of sulfonamides is 2. The average molecular weight is 1240 g/mol. The molecule has 0 heterocycles. The predicted molar refractivity (Wildman–Crippen MR) is 215 cm³/mol. The van der Waals surface area contributed by atoms with E-state index in [0.717, 1.165) is 50.5 Å². The largest absolute Gasteiger partial charge is 1.00 e. The van der Waals surface area contributed by atoms with Gasteiger partial charge in [0.05, 0.1) is 68.0 Å². The van der Waals surface area contributed by atoms with Crippen LogP contribution >= 0.6 is 0 Å². The van der Waals surface area contributed by atoms with E-state index in [9.17, 15) is 124 Å². The number of alkyl halides is 11. The van der Waals surface area contributed by atoms with Gasteiger partial charge in [-0.25, -0.2) is 37.9 Å². The molecule has 26 nitrogen and oxygen atoms in total. The van der Waals surface area contributed by atoms with Gasteiger partial charge in [-0.15, -0.1) is 0 Å². The molecule has 0 rings (SSSR count). The minimum absolute atomic E-state index is 0. The van der Waals surface area contributed by atoms with Gasteiger partial charge in [0, 0.05) is 31.9 Å². The van der Waals surface area contributed by atoms with Crippen LogP contribution < -0.4 is 18.9 Å². The molecule has 0 aliphatic carbocycles. The summed E-state index contributed by atoms with van der Waals surface area (Å²) in [6.45, 7) is 1.23. The van der Waals surface area contributed by atoms with Crippen LogP contribution in [0, 0.1) is 0 Å². The predicted octanol–water partition coefficient (Wildman–Crippen LogP) is -2.20. The summed E-state index contributed by atoms with van der Waals surface area (Å²) in [6, 6.07) is 0. The quantitative estimate of drug-likeness (QED) is 0.0917. The third kappa shape index (κ3) is 69.7. The maximum absolute atomic E-state index is 12.1. The third-order valence-corrected chi connectivity index (χ3v) is 11.9. The molecule has 0 spiro atoms. The summed E-state index contributed by atoms with van der Waals surface area (Å²) in [6.07, 6.45) is 5.90. The molecule has 68 heavy (non-hydrogen) atoms. The number of nitrogens with zero attached hydrogens (tertiary/aromatic N) is 1. The Bertz CT molecular complexity index is 2220. The molecule has 0 saturated carbocycles. The van der Waals surface area contributed by atoms with Crippen molar-refractivity contribution in [3.63, 3.8) is 0 Å². The number of rotatable bonds is 11. The molecule has 0 aromatic heterocycles. The normalized spacial score (nSPS) is 12.9. The summed E-state index contributed by atoms with van der Waals surface area (Å²) in [7, 11) is -27.0. The Balaban J connectivity index is -0.0000000713. The Hall–Kier alpha value is -0.593. The van der Waals surface area contributed by atoms with Gasteiger partial charge in [-0.05, 0) is 6.92 Å². The minimum Gasteiger partial charge on any atom is -0.423 e. The van der Waals surface area contributed by atoms with Gasteiger partial charge < -0.3 is 4.13 Å². The first kappa shape index (κ1) is 90.2. The van der Waals surface area contributed by atoms with E-state index in [1.807, 2.05) is 0 Å². The van der Waals surface area contributed by atoms with Gasteiger partial charge in [-0.3, -0.25) is 29.3 Å². The second kappa shape index (κ2) is 38.1. The first-order chi connectivity index (χ1) is 28.6. The van der Waals surface area contributed by atoms with Crippen LogP contribution in [0.4, 0.5) is 48.3 Å². The van der Waals surface area contributed by atoms with Crippen LogP contribution in [-0.4, -0.2) is 191 Å². The second-order valence-electron chi connectivity index (χ2n) is 9.57. The first-order valence-corrected chi connectivity index (χ1v) is 30.4. The molecule has 1 unspecified atom stereocenters. The van der Waals surface area contributed by atoms with Gasteiger partial charge in [0.2, 0.25) is 9.84 Å². The van der Waals surface area contributed by atoms with Crippen molar-refractivity contribution in [3.8, 4) is 0 Å². The number of hydrogen-bond donors (Lipinski definition) is 0. The van der Waals surface area contributed by atoms with Crippen molar-refractivity contribution < 1.29 is 172 Å². The molecule has 0 N–H and O–H groups in total. The van der Waals surface area contributed by atoms with Crippen LogP contribution in [0.2, 0.25) is 0 Å². The van der Waals surface area contributed by atoms with E-state index in [1.54, 1.807) is 0 Å². The second-order valence-corrected chi connectivity index (χ2v) is 27.0. The van der Waals surface area contributed by atoms with E-state index in [1.165, 1.54) is 34.5 Å². The molecular weight excluding hydrogens is 1190 g/mol. The SMILES string of the molecule is CC(F)(F)S(=O)(=O)[N-]S(=O)(=O)C(F)(F)F.CCS(=O)(=O)OC.COS(=O)(=O)C(F)(F)F.COS(=O)OC.COS(C)(=O)=O.COS(C)(=O)=O.COS(C)=O.CS(=O)(=O)C(F)(F)F.CS(C)(=O)=O.[Li+]. The van der Waals surface area contributed by atoms with E-state index in [4.69, 9.17) is 0 Å². The van der Waals surface area contributed by atoms with Crippen LogP contribution in [0.5, 0.6) is 0 Å². The Morgan fingerprint density at radius 2 is 0.706 bits per heavy atom. The van der Waals surface area contributed by atoms with E-state index in [2.05, 4.69) is 29.3 Å². The maximum atomic E-state index is 12.1. The van der Waals surface area contributed by atoms with Gasteiger partial charge in [-0.2, -0.15) is 86.2 Å². The Morgan fingerprint density at radius 1 is 0.471 bits per heavy atom. The average Bonchev–Trinajstić information content (AvgIpc) is 3.09.